The van der Waals surface area contributed by atoms with E-state index in [0.717, 1.165) is 11.1 Å². The molecule has 1 fully saturated rings. The highest BCUT2D eigenvalue weighted by atomic mass is 16.6. The molecule has 0 radical (unpaired) electrons. The van der Waals surface area contributed by atoms with Crippen molar-refractivity contribution in [1.29, 1.82) is 0 Å². The van der Waals surface area contributed by atoms with Crippen molar-refractivity contribution < 1.29 is 62.0 Å². The second kappa shape index (κ2) is 24.6. The number of hydrogen-bond acceptors (Lipinski definition) is 14. The first-order valence-electron chi connectivity index (χ1n) is 21.3. The quantitative estimate of drug-likeness (QED) is 0.108. The molecular formula is C49H57N5O13. The number of benzene rings is 2. The normalized spacial score (nSPS) is 14.1. The van der Waals surface area contributed by atoms with Crippen LogP contribution in [0.25, 0.3) is 0 Å². The molecule has 3 aromatic rings. The Hall–Kier alpha value is -7.60. The predicted molar refractivity (Wildman–Crippen MR) is 243 cm³/mol. The third-order valence-electron chi connectivity index (χ3n) is 9.32. The second-order valence-corrected chi connectivity index (χ2v) is 17.2. The molecule has 0 saturated carbocycles. The van der Waals surface area contributed by atoms with Crippen molar-refractivity contribution in [2.75, 3.05) is 39.3 Å². The van der Waals surface area contributed by atoms with Crippen molar-refractivity contribution >= 4 is 47.9 Å². The van der Waals surface area contributed by atoms with Crippen LogP contribution < -0.4 is 16.0 Å². The van der Waals surface area contributed by atoms with Crippen molar-refractivity contribution in [1.82, 2.24) is 20.5 Å². The highest BCUT2D eigenvalue weighted by Crippen LogP contribution is 2.22. The van der Waals surface area contributed by atoms with Crippen LogP contribution in [0.3, 0.4) is 0 Å². The van der Waals surface area contributed by atoms with E-state index in [4.69, 9.17) is 28.4 Å². The molecule has 18 nitrogen and oxygen atoms in total. The molecule has 1 aliphatic heterocycles. The van der Waals surface area contributed by atoms with Gasteiger partial charge in [-0.3, -0.25) is 19.7 Å². The lowest BCUT2D eigenvalue weighted by Gasteiger charge is -2.22. The summed E-state index contributed by atoms with van der Waals surface area (Å²) < 4.78 is 30.8. The molecule has 2 unspecified atom stereocenters. The predicted octanol–water partition coefficient (Wildman–Crippen LogP) is 5.16. The Bertz CT molecular complexity index is 2380. The van der Waals surface area contributed by atoms with Gasteiger partial charge in [-0.25, -0.2) is 24.2 Å². The number of nitrogens with zero attached hydrogens (tertiary/aromatic N) is 2. The summed E-state index contributed by atoms with van der Waals surface area (Å²) >= 11 is 0. The number of aryl methyl sites for hydroxylation is 1. The summed E-state index contributed by atoms with van der Waals surface area (Å²) in [5, 5.41) is 7.92. The number of anilines is 1. The summed E-state index contributed by atoms with van der Waals surface area (Å²) in [7, 11) is 2.50. The SMILES string of the molecule is COC(=O)Cc1cc(C#CCOC(=O)Cc2ccc(NC(=O)OC(C)(C)C)nc2)cc(C#CCOC(=O)NC2CC(C(=O)OC)N(C(=O)CCc3ccc(CNC(=O)OC(C)(C)C)cc3)C2)c1. The molecule has 1 saturated heterocycles. The molecule has 2 aromatic carbocycles. The summed E-state index contributed by atoms with van der Waals surface area (Å²) in [5.41, 5.74) is 2.49. The van der Waals surface area contributed by atoms with Gasteiger partial charge in [0.25, 0.3) is 0 Å². The lowest BCUT2D eigenvalue weighted by molar-refractivity contribution is -0.150. The molecule has 2 heterocycles. The van der Waals surface area contributed by atoms with Gasteiger partial charge in [0.2, 0.25) is 5.91 Å². The summed E-state index contributed by atoms with van der Waals surface area (Å²) in [6.45, 7) is 10.4. The Kier molecular flexibility index (Phi) is 19.1. The first-order valence-corrected chi connectivity index (χ1v) is 21.3. The third-order valence-corrected chi connectivity index (χ3v) is 9.32. The number of aromatic nitrogens is 1. The van der Waals surface area contributed by atoms with Crippen molar-refractivity contribution in [2.45, 2.75) is 103 Å². The van der Waals surface area contributed by atoms with E-state index in [0.29, 0.717) is 28.7 Å². The Morgan fingerprint density at radius 1 is 0.701 bits per heavy atom. The molecule has 4 amide bonds. The van der Waals surface area contributed by atoms with Crippen molar-refractivity contribution in [3.8, 4) is 23.7 Å². The number of rotatable bonds is 14. The van der Waals surface area contributed by atoms with E-state index in [1.807, 2.05) is 24.3 Å². The minimum absolute atomic E-state index is 0.0621. The van der Waals surface area contributed by atoms with Crippen LogP contribution in [0, 0.1) is 23.7 Å². The minimum Gasteiger partial charge on any atom is -0.469 e. The Morgan fingerprint density at radius 2 is 1.30 bits per heavy atom. The number of nitrogens with one attached hydrogen (secondary N) is 3. The molecule has 1 aromatic heterocycles. The second-order valence-electron chi connectivity index (χ2n) is 17.2. The fraction of sp³-hybridized carbons (Fsp3) is 0.429. The van der Waals surface area contributed by atoms with E-state index in [1.54, 1.807) is 65.8 Å². The van der Waals surface area contributed by atoms with E-state index in [-0.39, 0.29) is 63.7 Å². The van der Waals surface area contributed by atoms with Crippen molar-refractivity contribution in [3.05, 3.63) is 94.2 Å². The fourth-order valence-electron chi connectivity index (χ4n) is 6.39. The van der Waals surface area contributed by atoms with Crippen LogP contribution in [-0.4, -0.2) is 109 Å². The maximum Gasteiger partial charge on any atom is 0.413 e. The van der Waals surface area contributed by atoms with Crippen LogP contribution >= 0.6 is 0 Å². The number of carbonyl (C=O) groups excluding carboxylic acids is 7. The zero-order valence-electron chi connectivity index (χ0n) is 39.0. The van der Waals surface area contributed by atoms with Gasteiger partial charge in [-0.15, -0.1) is 0 Å². The number of carbonyl (C=O) groups is 7. The van der Waals surface area contributed by atoms with Crippen LogP contribution in [0.5, 0.6) is 0 Å². The van der Waals surface area contributed by atoms with Crippen LogP contribution in [0.15, 0.2) is 60.8 Å². The van der Waals surface area contributed by atoms with Gasteiger partial charge < -0.3 is 44.0 Å². The van der Waals surface area contributed by atoms with Crippen LogP contribution in [0.1, 0.15) is 87.8 Å². The summed E-state index contributed by atoms with van der Waals surface area (Å²) in [6, 6.07) is 14.1. The molecule has 4 rings (SSSR count). The maximum absolute atomic E-state index is 13.4. The lowest BCUT2D eigenvalue weighted by Crippen LogP contribution is -2.42. The number of pyridine rings is 1. The standard InChI is InChI=1S/C49H57N5O13/c1-48(2,3)66-45(59)51-29-33-15-13-32(14-16-33)18-20-41(55)54-31-38(28-39(54)44(58)63-8)52-46(60)65-22-10-12-35-23-34(24-37(25-35)27-42(56)62-7)11-9-21-64-43(57)26-36-17-19-40(50-30-36)53-47(61)67-49(4,5)6/h13-17,19,23-25,30,38-39H,18,20-22,26-29,31H2,1-8H3,(H,51,59)(H,52,60)(H,50,53,61). The van der Waals surface area contributed by atoms with E-state index in [1.165, 1.54) is 31.4 Å². The van der Waals surface area contributed by atoms with Gasteiger partial charge in [-0.1, -0.05) is 54.0 Å². The van der Waals surface area contributed by atoms with Gasteiger partial charge in [0.1, 0.15) is 23.1 Å². The average Bonchev–Trinajstić information content (AvgIpc) is 3.68. The fourth-order valence-corrected chi connectivity index (χ4v) is 6.39. The summed E-state index contributed by atoms with van der Waals surface area (Å²) in [4.78, 5) is 92.8. The summed E-state index contributed by atoms with van der Waals surface area (Å²) in [5.74, 6) is 9.66. The average molecular weight is 924 g/mol. The monoisotopic (exact) mass is 923 g/mol. The highest BCUT2D eigenvalue weighted by molar-refractivity contribution is 5.86. The van der Waals surface area contributed by atoms with E-state index >= 15 is 0 Å². The number of likely N-dealkylation sites (tertiary alicyclic amines) is 1. The Balaban J connectivity index is 1.27. The number of ether oxygens (including phenoxy) is 6. The molecule has 67 heavy (non-hydrogen) atoms. The number of amides is 4. The highest BCUT2D eigenvalue weighted by Gasteiger charge is 2.40. The smallest absolute Gasteiger partial charge is 0.413 e. The summed E-state index contributed by atoms with van der Waals surface area (Å²) in [6.07, 6.45) is -0.0719. The van der Waals surface area contributed by atoms with Gasteiger partial charge in [0.05, 0.1) is 33.1 Å². The molecule has 3 N–H and O–H groups in total. The number of methoxy groups -OCH3 is 2. The van der Waals surface area contributed by atoms with E-state index < -0.39 is 59.5 Å². The largest absolute Gasteiger partial charge is 0.469 e. The molecule has 0 bridgehead atoms. The molecule has 2 atom stereocenters. The number of hydrogen-bond donors (Lipinski definition) is 3. The van der Waals surface area contributed by atoms with Crippen LogP contribution in [-0.2, 0) is 73.4 Å². The molecule has 356 valence electrons. The van der Waals surface area contributed by atoms with Gasteiger partial charge in [-0.05, 0) is 94.5 Å². The number of esters is 3. The Labute approximate surface area is 390 Å². The molecule has 18 heteroatoms. The molecule has 1 aliphatic rings. The van der Waals surface area contributed by atoms with Crippen molar-refractivity contribution in [2.24, 2.45) is 0 Å². The van der Waals surface area contributed by atoms with Crippen molar-refractivity contribution in [3.63, 3.8) is 0 Å². The van der Waals surface area contributed by atoms with Gasteiger partial charge in [0, 0.05) is 43.3 Å². The third kappa shape index (κ3) is 19.2. The zero-order valence-corrected chi connectivity index (χ0v) is 39.0. The van der Waals surface area contributed by atoms with E-state index in [2.05, 4.69) is 44.6 Å². The first kappa shape index (κ1) is 52.0. The van der Waals surface area contributed by atoms with Crippen LogP contribution in [0.2, 0.25) is 0 Å². The van der Waals surface area contributed by atoms with E-state index in [9.17, 15) is 33.6 Å². The molecule has 0 spiro atoms. The lowest BCUT2D eigenvalue weighted by atomic mass is 10.0. The van der Waals surface area contributed by atoms with Gasteiger partial charge >= 0.3 is 36.2 Å². The maximum atomic E-state index is 13.4. The first-order chi connectivity index (χ1) is 31.7. The minimum atomic E-state index is -0.899. The zero-order chi connectivity index (χ0) is 49.1. The van der Waals surface area contributed by atoms with Gasteiger partial charge in [-0.2, -0.15) is 0 Å². The van der Waals surface area contributed by atoms with Gasteiger partial charge in [0.15, 0.2) is 13.2 Å². The molecule has 0 aliphatic carbocycles. The topological polar surface area (TPSA) is 227 Å². The van der Waals surface area contributed by atoms with Crippen LogP contribution in [0.4, 0.5) is 20.2 Å². The number of alkyl carbamates (subject to hydrolysis) is 2. The Morgan fingerprint density at radius 3 is 1.90 bits per heavy atom. The molecular weight excluding hydrogens is 867 g/mol.